The molecule has 1 aromatic heterocycles. The first-order chi connectivity index (χ1) is 19.3. The first-order valence-electron chi connectivity index (χ1n) is 13.3. The fraction of sp³-hybridized carbons (Fsp3) is 0.258. The number of amides is 1. The molecule has 0 radical (unpaired) electrons. The molecule has 0 fully saturated rings. The van der Waals surface area contributed by atoms with Crippen LogP contribution in [0.1, 0.15) is 58.5 Å². The Morgan fingerprint density at radius 1 is 1.00 bits per heavy atom. The first kappa shape index (κ1) is 28.2. The highest BCUT2D eigenvalue weighted by molar-refractivity contribution is 6.05. The van der Waals surface area contributed by atoms with Gasteiger partial charge in [0.2, 0.25) is 0 Å². The average Bonchev–Trinajstić information content (AvgIpc) is 3.32. The number of unbranched alkanes of at least 4 members (excludes halogenated alkanes) is 1. The Kier molecular flexibility index (Phi) is 8.73. The molecule has 4 rings (SSSR count). The minimum atomic E-state index is -0.532. The van der Waals surface area contributed by atoms with Crippen LogP contribution in [0.15, 0.2) is 77.6 Å². The number of nitro benzene ring substituents is 1. The Hall–Kier alpha value is -4.79. The zero-order valence-corrected chi connectivity index (χ0v) is 22.8. The monoisotopic (exact) mass is 540 g/mol. The van der Waals surface area contributed by atoms with Crippen molar-refractivity contribution in [3.8, 4) is 16.9 Å². The maximum absolute atomic E-state index is 13.9. The van der Waals surface area contributed by atoms with Crippen LogP contribution in [-0.4, -0.2) is 44.4 Å². The average molecular weight is 541 g/mol. The van der Waals surface area contributed by atoms with Gasteiger partial charge in [0.15, 0.2) is 5.78 Å². The van der Waals surface area contributed by atoms with Gasteiger partial charge in [-0.25, -0.2) is 4.68 Å². The highest BCUT2D eigenvalue weighted by Crippen LogP contribution is 2.24. The zero-order chi connectivity index (χ0) is 28.8. The van der Waals surface area contributed by atoms with Crippen LogP contribution in [0, 0.1) is 17.0 Å². The summed E-state index contributed by atoms with van der Waals surface area (Å²) in [6.45, 7) is 5.47. The van der Waals surface area contributed by atoms with Crippen molar-refractivity contribution in [2.75, 3.05) is 13.1 Å². The predicted octanol–water partition coefficient (Wildman–Crippen LogP) is 5.74. The van der Waals surface area contributed by atoms with Crippen LogP contribution in [-0.2, 0) is 6.42 Å². The Labute approximate surface area is 232 Å². The maximum Gasteiger partial charge on any atom is 0.282 e. The fourth-order valence-corrected chi connectivity index (χ4v) is 4.68. The molecule has 0 bridgehead atoms. The van der Waals surface area contributed by atoms with Gasteiger partial charge in [-0.05, 0) is 37.5 Å². The summed E-state index contributed by atoms with van der Waals surface area (Å²) in [4.78, 5) is 53.5. The number of ketones is 1. The molecule has 0 aliphatic carbocycles. The predicted molar refractivity (Wildman–Crippen MR) is 154 cm³/mol. The number of hydrogen-bond acceptors (Lipinski definition) is 5. The summed E-state index contributed by atoms with van der Waals surface area (Å²) in [5.74, 6) is -1.02. The molecule has 0 saturated carbocycles. The topological polar surface area (TPSA) is 118 Å². The van der Waals surface area contributed by atoms with E-state index >= 15 is 0 Å². The van der Waals surface area contributed by atoms with Crippen molar-refractivity contribution in [3.63, 3.8) is 0 Å². The number of hydrogen-bond donors (Lipinski definition) is 1. The van der Waals surface area contributed by atoms with Crippen LogP contribution in [0.5, 0.6) is 0 Å². The van der Waals surface area contributed by atoms with Crippen LogP contribution < -0.4 is 5.56 Å². The Morgan fingerprint density at radius 3 is 2.38 bits per heavy atom. The van der Waals surface area contributed by atoms with E-state index in [-0.39, 0.29) is 29.9 Å². The minimum Gasteiger partial charge on any atom is -0.331 e. The lowest BCUT2D eigenvalue weighted by Gasteiger charge is -2.22. The van der Waals surface area contributed by atoms with E-state index in [0.29, 0.717) is 35.3 Å². The standard InChI is InChI=1S/C31H32N4O5/c1-4-6-18-33(30(37)24-17-16-21(3)26(19-24)35(39)40)20-27(36)28-29(23-13-8-7-9-14-23)32-34(31(28)38)25-15-11-10-12-22(25)5-2/h7-17,19,32H,4-6,18,20H2,1-3H3. The Bertz CT molecular complexity index is 1600. The van der Waals surface area contributed by atoms with E-state index in [1.165, 1.54) is 27.8 Å². The van der Waals surface area contributed by atoms with Gasteiger partial charge in [0, 0.05) is 29.3 Å². The summed E-state index contributed by atoms with van der Waals surface area (Å²) in [6, 6.07) is 20.9. The summed E-state index contributed by atoms with van der Waals surface area (Å²) in [7, 11) is 0. The number of aryl methyl sites for hydroxylation is 2. The molecule has 9 nitrogen and oxygen atoms in total. The molecule has 4 aromatic rings. The summed E-state index contributed by atoms with van der Waals surface area (Å²) in [5.41, 5.74) is 2.47. The number of aromatic nitrogens is 2. The number of aromatic amines is 1. The number of carbonyl (C=O) groups is 2. The molecule has 1 amide bonds. The van der Waals surface area contributed by atoms with Crippen LogP contribution in [0.3, 0.4) is 0 Å². The lowest BCUT2D eigenvalue weighted by molar-refractivity contribution is -0.385. The van der Waals surface area contributed by atoms with Gasteiger partial charge in [-0.3, -0.25) is 29.6 Å². The molecule has 1 heterocycles. The van der Waals surface area contributed by atoms with Gasteiger partial charge in [0.05, 0.1) is 22.8 Å². The number of nitrogens with one attached hydrogen (secondary N) is 1. The Balaban J connectivity index is 1.78. The van der Waals surface area contributed by atoms with E-state index in [2.05, 4.69) is 5.10 Å². The fourth-order valence-electron chi connectivity index (χ4n) is 4.68. The van der Waals surface area contributed by atoms with Crippen molar-refractivity contribution in [3.05, 3.63) is 116 Å². The molecule has 0 aliphatic rings. The van der Waals surface area contributed by atoms with Gasteiger partial charge in [-0.2, -0.15) is 0 Å². The normalized spacial score (nSPS) is 10.9. The van der Waals surface area contributed by atoms with E-state index in [1.807, 2.05) is 68.4 Å². The van der Waals surface area contributed by atoms with Gasteiger partial charge >= 0.3 is 0 Å². The van der Waals surface area contributed by atoms with E-state index in [4.69, 9.17) is 0 Å². The van der Waals surface area contributed by atoms with Crippen molar-refractivity contribution < 1.29 is 14.5 Å². The van der Waals surface area contributed by atoms with Gasteiger partial charge in [0.25, 0.3) is 17.2 Å². The second kappa shape index (κ2) is 12.4. The molecular weight excluding hydrogens is 508 g/mol. The Morgan fingerprint density at radius 2 is 1.70 bits per heavy atom. The molecule has 0 aliphatic heterocycles. The van der Waals surface area contributed by atoms with Gasteiger partial charge < -0.3 is 4.90 Å². The second-order valence-electron chi connectivity index (χ2n) is 9.61. The summed E-state index contributed by atoms with van der Waals surface area (Å²) in [5, 5.41) is 14.6. The third kappa shape index (κ3) is 5.78. The van der Waals surface area contributed by atoms with Crippen LogP contribution >= 0.6 is 0 Å². The molecule has 1 N–H and O–H groups in total. The van der Waals surface area contributed by atoms with E-state index in [9.17, 15) is 24.5 Å². The van der Waals surface area contributed by atoms with Gasteiger partial charge in [-0.15, -0.1) is 0 Å². The zero-order valence-electron chi connectivity index (χ0n) is 22.8. The number of benzene rings is 3. The van der Waals surface area contributed by atoms with E-state index in [1.54, 1.807) is 6.92 Å². The number of H-pyrrole nitrogens is 1. The SMILES string of the molecule is CCCCN(CC(=O)c1c(-c2ccccc2)[nH]n(-c2ccccc2CC)c1=O)C(=O)c1ccc(C)c([N+](=O)[O-])c1. The third-order valence-electron chi connectivity index (χ3n) is 6.90. The van der Waals surface area contributed by atoms with Crippen LogP contribution in [0.25, 0.3) is 16.9 Å². The third-order valence-corrected chi connectivity index (χ3v) is 6.90. The molecule has 40 heavy (non-hydrogen) atoms. The van der Waals surface area contributed by atoms with Crippen molar-refractivity contribution >= 4 is 17.4 Å². The molecule has 0 saturated heterocycles. The number of rotatable bonds is 11. The van der Waals surface area contributed by atoms with Gasteiger partial charge in [0.1, 0.15) is 5.56 Å². The summed E-state index contributed by atoms with van der Waals surface area (Å²) < 4.78 is 1.38. The lowest BCUT2D eigenvalue weighted by Crippen LogP contribution is -2.38. The molecule has 0 atom stereocenters. The lowest BCUT2D eigenvalue weighted by atomic mass is 10.0. The number of para-hydroxylation sites is 1. The van der Waals surface area contributed by atoms with Crippen molar-refractivity contribution in [1.82, 2.24) is 14.7 Å². The molecule has 206 valence electrons. The highest BCUT2D eigenvalue weighted by atomic mass is 16.6. The van der Waals surface area contributed by atoms with Crippen LogP contribution in [0.2, 0.25) is 0 Å². The number of Topliss-reactive ketones (excluding diaryl/α,β-unsaturated/α-hetero) is 1. The molecule has 0 spiro atoms. The minimum absolute atomic E-state index is 0.0405. The largest absolute Gasteiger partial charge is 0.331 e. The molecular formula is C31H32N4O5. The number of nitrogens with zero attached hydrogens (tertiary/aromatic N) is 3. The number of nitro groups is 1. The van der Waals surface area contributed by atoms with Crippen LogP contribution in [0.4, 0.5) is 5.69 Å². The van der Waals surface area contributed by atoms with Crippen molar-refractivity contribution in [2.45, 2.75) is 40.0 Å². The van der Waals surface area contributed by atoms with Crippen molar-refractivity contribution in [1.29, 1.82) is 0 Å². The van der Waals surface area contributed by atoms with Gasteiger partial charge in [-0.1, -0.05) is 74.9 Å². The van der Waals surface area contributed by atoms with E-state index < -0.39 is 22.2 Å². The molecule has 0 unspecified atom stereocenters. The molecule has 9 heteroatoms. The molecule has 3 aromatic carbocycles. The summed E-state index contributed by atoms with van der Waals surface area (Å²) >= 11 is 0. The quantitative estimate of drug-likeness (QED) is 0.148. The number of carbonyl (C=O) groups excluding carboxylic acids is 2. The van der Waals surface area contributed by atoms with Crippen molar-refractivity contribution in [2.24, 2.45) is 0 Å². The maximum atomic E-state index is 13.9. The second-order valence-corrected chi connectivity index (χ2v) is 9.61. The summed E-state index contributed by atoms with van der Waals surface area (Å²) in [6.07, 6.45) is 2.08. The first-order valence-corrected chi connectivity index (χ1v) is 13.3. The smallest absolute Gasteiger partial charge is 0.282 e. The highest BCUT2D eigenvalue weighted by Gasteiger charge is 2.28. The van der Waals surface area contributed by atoms with E-state index in [0.717, 1.165) is 12.0 Å².